The Balaban J connectivity index is 1.72. The molecule has 0 atom stereocenters. The van der Waals surface area contributed by atoms with Crippen LogP contribution in [0.2, 0.25) is 0 Å². The van der Waals surface area contributed by atoms with E-state index in [9.17, 15) is 21.6 Å². The Morgan fingerprint density at radius 3 is 2.24 bits per heavy atom. The number of benzene rings is 4. The Morgan fingerprint density at radius 2 is 1.54 bits per heavy atom. The van der Waals surface area contributed by atoms with Gasteiger partial charge in [-0.1, -0.05) is 48.5 Å². The van der Waals surface area contributed by atoms with Crippen LogP contribution in [0.5, 0.6) is 0 Å². The largest absolute Gasteiger partial charge is 0.376 e. The van der Waals surface area contributed by atoms with Crippen molar-refractivity contribution in [1.29, 1.82) is 5.26 Å². The minimum absolute atomic E-state index is 0.0537. The van der Waals surface area contributed by atoms with Gasteiger partial charge < -0.3 is 4.18 Å². The van der Waals surface area contributed by atoms with E-state index in [2.05, 4.69) is 0 Å². The van der Waals surface area contributed by atoms with Gasteiger partial charge in [0.05, 0.1) is 16.5 Å². The third-order valence-corrected chi connectivity index (χ3v) is 9.04. The van der Waals surface area contributed by atoms with Crippen LogP contribution in [0, 0.1) is 11.3 Å². The topological polar surface area (TPSA) is 122 Å². The number of fused-ring (bicyclic) bond motifs is 2. The first-order chi connectivity index (χ1) is 17.6. The normalized spacial score (nSPS) is 14.6. The molecule has 0 N–H and O–H groups in total. The minimum atomic E-state index is -4.51. The molecule has 0 amide bonds. The molecule has 4 aromatic rings. The van der Waals surface area contributed by atoms with E-state index in [1.165, 1.54) is 55.6 Å². The fraction of sp³-hybridized carbons (Fsp3) is 0.0370. The van der Waals surface area contributed by atoms with Crippen molar-refractivity contribution in [3.8, 4) is 6.07 Å². The van der Waals surface area contributed by atoms with E-state index in [1.807, 2.05) is 30.3 Å². The lowest BCUT2D eigenvalue weighted by Gasteiger charge is -2.30. The molecule has 0 aliphatic carbocycles. The number of likely N-dealkylation sites (N-methyl/N-ethyl adjacent to an activating group) is 1. The fourth-order valence-electron chi connectivity index (χ4n) is 4.07. The van der Waals surface area contributed by atoms with Crippen molar-refractivity contribution < 1.29 is 25.8 Å². The number of hydrogen-bond acceptors (Lipinski definition) is 7. The predicted molar refractivity (Wildman–Crippen MR) is 136 cm³/mol. The Bertz CT molecular complexity index is 1870. The van der Waals surface area contributed by atoms with Crippen molar-refractivity contribution >= 4 is 42.5 Å². The summed E-state index contributed by atoms with van der Waals surface area (Å²) in [5, 5.41) is 10.6. The van der Waals surface area contributed by atoms with Crippen LogP contribution in [0.15, 0.2) is 106 Å². The van der Waals surface area contributed by atoms with Gasteiger partial charge in [-0.05, 0) is 53.2 Å². The molecule has 0 aromatic heterocycles. The standard InChI is InChI=1S/C27H18N2O6S2/c1-29-25(26(30)21-13-12-19-6-2-3-7-20(19)16-21)27(23-8-4-5-9-24(23)36(29,31)32)35-37(33,34)22-14-10-18(17-28)11-15-22/h2-16H,1H3. The monoisotopic (exact) mass is 530 g/mol. The Labute approximate surface area is 213 Å². The van der Waals surface area contributed by atoms with Crippen LogP contribution in [0.3, 0.4) is 0 Å². The Kier molecular flexibility index (Phi) is 5.82. The van der Waals surface area contributed by atoms with Crippen LogP contribution in [-0.2, 0) is 24.3 Å². The van der Waals surface area contributed by atoms with Crippen LogP contribution < -0.4 is 0 Å². The highest BCUT2D eigenvalue weighted by Gasteiger charge is 2.40. The number of Topliss-reactive ketones (excluding diaryl/α,β-unsaturated/α-hetero) is 1. The maximum Gasteiger partial charge on any atom is 0.339 e. The van der Waals surface area contributed by atoms with Crippen molar-refractivity contribution in [3.05, 3.63) is 113 Å². The van der Waals surface area contributed by atoms with Gasteiger partial charge >= 0.3 is 10.1 Å². The van der Waals surface area contributed by atoms with E-state index < -0.39 is 37.4 Å². The van der Waals surface area contributed by atoms with Crippen LogP contribution in [0.4, 0.5) is 0 Å². The summed E-state index contributed by atoms with van der Waals surface area (Å²) in [6, 6.07) is 24.9. The third kappa shape index (κ3) is 4.14. The number of allylic oxidation sites excluding steroid dienone is 1. The lowest BCUT2D eigenvalue weighted by Crippen LogP contribution is -2.36. The zero-order valence-corrected chi connectivity index (χ0v) is 21.0. The van der Waals surface area contributed by atoms with Gasteiger partial charge in [0.2, 0.25) is 5.78 Å². The molecule has 184 valence electrons. The molecule has 10 heteroatoms. The van der Waals surface area contributed by atoms with Gasteiger partial charge in [0, 0.05) is 18.2 Å². The predicted octanol–water partition coefficient (Wildman–Crippen LogP) is 4.30. The minimum Gasteiger partial charge on any atom is -0.376 e. The van der Waals surface area contributed by atoms with Gasteiger partial charge in [-0.15, -0.1) is 0 Å². The molecular formula is C27H18N2O6S2. The van der Waals surface area contributed by atoms with Gasteiger partial charge in [-0.3, -0.25) is 9.10 Å². The van der Waals surface area contributed by atoms with E-state index in [0.717, 1.165) is 15.1 Å². The lowest BCUT2D eigenvalue weighted by molar-refractivity contribution is 0.101. The number of nitriles is 1. The van der Waals surface area contributed by atoms with Gasteiger partial charge in [0.1, 0.15) is 10.6 Å². The molecule has 8 nitrogen and oxygen atoms in total. The molecule has 0 bridgehead atoms. The number of nitrogens with zero attached hydrogens (tertiary/aromatic N) is 2. The highest BCUT2D eigenvalue weighted by Crippen LogP contribution is 2.39. The first-order valence-corrected chi connectivity index (χ1v) is 13.8. The Morgan fingerprint density at radius 1 is 0.892 bits per heavy atom. The van der Waals surface area contributed by atoms with Crippen molar-refractivity contribution in [3.63, 3.8) is 0 Å². The molecule has 4 aromatic carbocycles. The van der Waals surface area contributed by atoms with Gasteiger partial charge in [-0.2, -0.15) is 13.7 Å². The zero-order chi connectivity index (χ0) is 26.4. The molecule has 37 heavy (non-hydrogen) atoms. The number of ketones is 1. The SMILES string of the molecule is CN1C(C(=O)c2ccc3ccccc3c2)=C(OS(=O)(=O)c2ccc(C#N)cc2)c2ccccc2S1(=O)=O. The van der Waals surface area contributed by atoms with Gasteiger partial charge in [0.15, 0.2) is 5.76 Å². The summed E-state index contributed by atoms with van der Waals surface area (Å²) >= 11 is 0. The fourth-order valence-corrected chi connectivity index (χ4v) is 6.41. The molecule has 0 fully saturated rings. The van der Waals surface area contributed by atoms with E-state index >= 15 is 0 Å². The second-order valence-corrected chi connectivity index (χ2v) is 11.7. The highest BCUT2D eigenvalue weighted by molar-refractivity contribution is 7.89. The van der Waals surface area contributed by atoms with Crippen LogP contribution in [0.25, 0.3) is 16.5 Å². The Hall–Kier alpha value is -4.46. The van der Waals surface area contributed by atoms with E-state index in [1.54, 1.807) is 18.2 Å². The summed E-state index contributed by atoms with van der Waals surface area (Å²) in [6.45, 7) is 0. The maximum absolute atomic E-state index is 13.8. The summed E-state index contributed by atoms with van der Waals surface area (Å²) in [6.07, 6.45) is 0. The molecule has 0 saturated heterocycles. The summed E-state index contributed by atoms with van der Waals surface area (Å²) in [7, 11) is -7.52. The second-order valence-electron chi connectivity index (χ2n) is 8.21. The number of sulfonamides is 1. The first kappa shape index (κ1) is 24.2. The zero-order valence-electron chi connectivity index (χ0n) is 19.3. The average molecular weight is 531 g/mol. The van der Waals surface area contributed by atoms with Crippen molar-refractivity contribution in [1.82, 2.24) is 4.31 Å². The second kappa shape index (κ2) is 8.89. The summed E-state index contributed by atoms with van der Waals surface area (Å²) in [4.78, 5) is 13.3. The quantitative estimate of drug-likeness (QED) is 0.278. The maximum atomic E-state index is 13.8. The average Bonchev–Trinajstić information content (AvgIpc) is 2.91. The summed E-state index contributed by atoms with van der Waals surface area (Å²) < 4.78 is 59.4. The lowest BCUT2D eigenvalue weighted by atomic mass is 10.0. The third-order valence-electron chi connectivity index (χ3n) is 5.99. The first-order valence-electron chi connectivity index (χ1n) is 10.9. The van der Waals surface area contributed by atoms with Gasteiger partial charge in [-0.25, -0.2) is 8.42 Å². The van der Waals surface area contributed by atoms with Crippen LogP contribution in [-0.4, -0.2) is 34.0 Å². The molecule has 1 aliphatic heterocycles. The molecule has 0 spiro atoms. The smallest absolute Gasteiger partial charge is 0.339 e. The van der Waals surface area contributed by atoms with Crippen molar-refractivity contribution in [2.24, 2.45) is 0 Å². The number of carbonyl (C=O) groups excluding carboxylic acids is 1. The molecule has 0 radical (unpaired) electrons. The number of rotatable bonds is 5. The van der Waals surface area contributed by atoms with Gasteiger partial charge in [0.25, 0.3) is 10.0 Å². The summed E-state index contributed by atoms with van der Waals surface area (Å²) in [5.41, 5.74) is -0.0839. The molecule has 1 heterocycles. The van der Waals surface area contributed by atoms with Crippen LogP contribution in [0.1, 0.15) is 21.5 Å². The molecule has 1 aliphatic rings. The van der Waals surface area contributed by atoms with E-state index in [4.69, 9.17) is 9.44 Å². The molecule has 0 unspecified atom stereocenters. The number of carbonyl (C=O) groups is 1. The highest BCUT2D eigenvalue weighted by atomic mass is 32.2. The summed E-state index contributed by atoms with van der Waals surface area (Å²) in [5.74, 6) is -1.13. The van der Waals surface area contributed by atoms with Crippen molar-refractivity contribution in [2.45, 2.75) is 9.79 Å². The molecular weight excluding hydrogens is 512 g/mol. The molecule has 0 saturated carbocycles. The number of hydrogen-bond donors (Lipinski definition) is 0. The van der Waals surface area contributed by atoms with Crippen LogP contribution >= 0.6 is 0 Å². The van der Waals surface area contributed by atoms with E-state index in [-0.39, 0.29) is 26.5 Å². The molecule has 5 rings (SSSR count). The van der Waals surface area contributed by atoms with Crippen molar-refractivity contribution in [2.75, 3.05) is 7.05 Å². The van der Waals surface area contributed by atoms with E-state index in [0.29, 0.717) is 0 Å².